The Morgan fingerprint density at radius 1 is 1.33 bits per heavy atom. The van der Waals surface area contributed by atoms with Gasteiger partial charge in [0.1, 0.15) is 12.4 Å². The lowest BCUT2D eigenvalue weighted by atomic mass is 9.95. The van der Waals surface area contributed by atoms with Gasteiger partial charge in [-0.2, -0.15) is 0 Å². The molecule has 1 heterocycles. The van der Waals surface area contributed by atoms with Crippen molar-refractivity contribution in [2.75, 3.05) is 0 Å². The summed E-state index contributed by atoms with van der Waals surface area (Å²) in [6.45, 7) is -0.0407. The van der Waals surface area contributed by atoms with Gasteiger partial charge in [0, 0.05) is 6.04 Å². The van der Waals surface area contributed by atoms with Gasteiger partial charge in [-0.25, -0.2) is 9.18 Å². The molecule has 1 aromatic carbocycles. The highest BCUT2D eigenvalue weighted by Gasteiger charge is 2.17. The van der Waals surface area contributed by atoms with E-state index in [4.69, 9.17) is 0 Å². The van der Waals surface area contributed by atoms with Gasteiger partial charge in [0.25, 0.3) is 0 Å². The fourth-order valence-corrected chi connectivity index (χ4v) is 2.96. The third-order valence-electron chi connectivity index (χ3n) is 4.01. The maximum atomic E-state index is 13.1. The van der Waals surface area contributed by atoms with Crippen molar-refractivity contribution in [3.8, 4) is 0 Å². The molecular weight excluding hydrogens is 273 g/mol. The Balaban J connectivity index is 1.76. The highest BCUT2D eigenvalue weighted by Crippen LogP contribution is 2.17. The SMILES string of the molecule is O=C(Cn1c(=O)[nH]c2cc(F)ccc21)NC1CCCCC1. The second-order valence-electron chi connectivity index (χ2n) is 5.58. The van der Waals surface area contributed by atoms with Crippen LogP contribution in [0.2, 0.25) is 0 Å². The minimum absolute atomic E-state index is 0.0407. The summed E-state index contributed by atoms with van der Waals surface area (Å²) in [7, 11) is 0. The van der Waals surface area contributed by atoms with Crippen LogP contribution in [0.5, 0.6) is 0 Å². The number of nitrogens with one attached hydrogen (secondary N) is 2. The quantitative estimate of drug-likeness (QED) is 0.907. The zero-order chi connectivity index (χ0) is 14.8. The van der Waals surface area contributed by atoms with Crippen molar-refractivity contribution in [2.45, 2.75) is 44.7 Å². The van der Waals surface area contributed by atoms with Crippen LogP contribution in [0.15, 0.2) is 23.0 Å². The molecule has 5 nitrogen and oxygen atoms in total. The molecule has 0 bridgehead atoms. The van der Waals surface area contributed by atoms with Crippen LogP contribution in [-0.4, -0.2) is 21.5 Å². The Bertz CT molecular complexity index is 713. The zero-order valence-corrected chi connectivity index (χ0v) is 11.7. The highest BCUT2D eigenvalue weighted by molar-refractivity contribution is 5.80. The molecule has 1 fully saturated rings. The van der Waals surface area contributed by atoms with Gasteiger partial charge in [-0.15, -0.1) is 0 Å². The van der Waals surface area contributed by atoms with E-state index in [0.717, 1.165) is 25.7 Å². The number of hydrogen-bond acceptors (Lipinski definition) is 2. The molecule has 0 saturated heterocycles. The Morgan fingerprint density at radius 3 is 2.86 bits per heavy atom. The van der Waals surface area contributed by atoms with E-state index in [-0.39, 0.29) is 18.5 Å². The Morgan fingerprint density at radius 2 is 2.10 bits per heavy atom. The van der Waals surface area contributed by atoms with Gasteiger partial charge >= 0.3 is 5.69 Å². The van der Waals surface area contributed by atoms with Crippen LogP contribution < -0.4 is 11.0 Å². The minimum atomic E-state index is -0.414. The summed E-state index contributed by atoms with van der Waals surface area (Å²) in [6, 6.07) is 4.26. The standard InChI is InChI=1S/C15H18FN3O2/c16-10-6-7-13-12(8-10)18-15(21)19(13)9-14(20)17-11-4-2-1-3-5-11/h6-8,11H,1-5,9H2,(H,17,20)(H,18,21). The van der Waals surface area contributed by atoms with Crippen LogP contribution in [0, 0.1) is 5.82 Å². The monoisotopic (exact) mass is 291 g/mol. The van der Waals surface area contributed by atoms with Crippen LogP contribution in [0.3, 0.4) is 0 Å². The first-order valence-electron chi connectivity index (χ1n) is 7.31. The molecule has 112 valence electrons. The van der Waals surface area contributed by atoms with Crippen molar-refractivity contribution in [2.24, 2.45) is 0 Å². The van der Waals surface area contributed by atoms with Crippen LogP contribution in [0.4, 0.5) is 4.39 Å². The number of imidazole rings is 1. The number of rotatable bonds is 3. The number of nitrogens with zero attached hydrogens (tertiary/aromatic N) is 1. The van der Waals surface area contributed by atoms with Crippen molar-refractivity contribution in [3.63, 3.8) is 0 Å². The van der Waals surface area contributed by atoms with Gasteiger partial charge in [-0.05, 0) is 31.0 Å². The summed E-state index contributed by atoms with van der Waals surface area (Å²) < 4.78 is 14.5. The first-order valence-corrected chi connectivity index (χ1v) is 7.31. The van der Waals surface area contributed by atoms with Gasteiger partial charge in [-0.1, -0.05) is 19.3 Å². The fraction of sp³-hybridized carbons (Fsp3) is 0.467. The summed E-state index contributed by atoms with van der Waals surface area (Å²) >= 11 is 0. The van der Waals surface area contributed by atoms with Gasteiger partial charge in [0.2, 0.25) is 5.91 Å². The van der Waals surface area contributed by atoms with Crippen molar-refractivity contribution in [3.05, 3.63) is 34.5 Å². The van der Waals surface area contributed by atoms with Crippen molar-refractivity contribution >= 4 is 16.9 Å². The molecule has 1 aromatic heterocycles. The largest absolute Gasteiger partial charge is 0.352 e. The fourth-order valence-electron chi connectivity index (χ4n) is 2.96. The van der Waals surface area contributed by atoms with Crippen LogP contribution >= 0.6 is 0 Å². The van der Waals surface area contributed by atoms with E-state index in [1.807, 2.05) is 0 Å². The first-order chi connectivity index (χ1) is 10.1. The molecular formula is C15H18FN3O2. The summed E-state index contributed by atoms with van der Waals surface area (Å²) in [4.78, 5) is 26.5. The predicted octanol–water partition coefficient (Wildman–Crippen LogP) is 1.92. The lowest BCUT2D eigenvalue weighted by molar-refractivity contribution is -0.122. The lowest BCUT2D eigenvalue weighted by Gasteiger charge is -2.22. The number of halogens is 1. The lowest BCUT2D eigenvalue weighted by Crippen LogP contribution is -2.39. The van der Waals surface area contributed by atoms with E-state index in [1.165, 1.54) is 29.2 Å². The molecule has 2 N–H and O–H groups in total. The Kier molecular flexibility index (Phi) is 3.77. The van der Waals surface area contributed by atoms with Crippen LogP contribution in [0.1, 0.15) is 32.1 Å². The zero-order valence-electron chi connectivity index (χ0n) is 11.7. The molecule has 1 saturated carbocycles. The molecule has 0 spiro atoms. The first kappa shape index (κ1) is 13.9. The highest BCUT2D eigenvalue weighted by atomic mass is 19.1. The average Bonchev–Trinajstić information content (AvgIpc) is 2.75. The summed E-state index contributed by atoms with van der Waals surface area (Å²) in [5, 5.41) is 2.97. The molecule has 0 aliphatic heterocycles. The molecule has 0 unspecified atom stereocenters. The Hall–Kier alpha value is -2.11. The van der Waals surface area contributed by atoms with Crippen LogP contribution in [-0.2, 0) is 11.3 Å². The Labute approximate surface area is 121 Å². The molecule has 6 heteroatoms. The van der Waals surface area contributed by atoms with Gasteiger partial charge in [0.15, 0.2) is 0 Å². The van der Waals surface area contributed by atoms with Crippen molar-refractivity contribution in [1.29, 1.82) is 0 Å². The maximum Gasteiger partial charge on any atom is 0.326 e. The number of fused-ring (bicyclic) bond motifs is 1. The molecule has 1 aliphatic carbocycles. The van der Waals surface area contributed by atoms with Gasteiger partial charge in [0.05, 0.1) is 11.0 Å². The third-order valence-corrected chi connectivity index (χ3v) is 4.01. The molecule has 0 atom stereocenters. The average molecular weight is 291 g/mol. The number of amides is 1. The molecule has 21 heavy (non-hydrogen) atoms. The van der Waals surface area contributed by atoms with E-state index in [0.29, 0.717) is 11.0 Å². The van der Waals surface area contributed by atoms with Crippen molar-refractivity contribution in [1.82, 2.24) is 14.9 Å². The number of benzene rings is 1. The topological polar surface area (TPSA) is 66.9 Å². The normalized spacial score (nSPS) is 16.2. The number of aromatic nitrogens is 2. The number of hydrogen-bond donors (Lipinski definition) is 2. The summed E-state index contributed by atoms with van der Waals surface area (Å²) in [5.41, 5.74) is 0.556. The van der Waals surface area contributed by atoms with E-state index in [9.17, 15) is 14.0 Å². The smallest absolute Gasteiger partial charge is 0.326 e. The van der Waals surface area contributed by atoms with Gasteiger partial charge < -0.3 is 10.3 Å². The van der Waals surface area contributed by atoms with E-state index in [1.54, 1.807) is 0 Å². The minimum Gasteiger partial charge on any atom is -0.352 e. The maximum absolute atomic E-state index is 13.1. The number of carbonyl (C=O) groups excluding carboxylic acids is 1. The molecule has 1 aliphatic rings. The summed E-state index contributed by atoms with van der Waals surface area (Å²) in [5.74, 6) is -0.586. The second kappa shape index (κ2) is 5.71. The molecule has 0 radical (unpaired) electrons. The van der Waals surface area contributed by atoms with E-state index in [2.05, 4.69) is 10.3 Å². The summed E-state index contributed by atoms with van der Waals surface area (Å²) in [6.07, 6.45) is 5.49. The van der Waals surface area contributed by atoms with E-state index < -0.39 is 11.5 Å². The molecule has 3 rings (SSSR count). The van der Waals surface area contributed by atoms with Crippen molar-refractivity contribution < 1.29 is 9.18 Å². The van der Waals surface area contributed by atoms with Crippen LogP contribution in [0.25, 0.3) is 11.0 Å². The molecule has 1 amide bonds. The predicted molar refractivity (Wildman–Crippen MR) is 77.5 cm³/mol. The molecule has 2 aromatic rings. The van der Waals surface area contributed by atoms with E-state index >= 15 is 0 Å². The van der Waals surface area contributed by atoms with Gasteiger partial charge in [-0.3, -0.25) is 9.36 Å². The number of carbonyl (C=O) groups is 1. The number of aromatic amines is 1. The third kappa shape index (κ3) is 2.99. The number of H-pyrrole nitrogens is 1. The second-order valence-corrected chi connectivity index (χ2v) is 5.58.